The molecule has 26 heavy (non-hydrogen) atoms. The molecule has 0 spiro atoms. The van der Waals surface area contributed by atoms with E-state index in [1.165, 1.54) is 24.5 Å². The summed E-state index contributed by atoms with van der Waals surface area (Å²) in [6.45, 7) is 2.32. The third-order valence-electron chi connectivity index (χ3n) is 3.75. The number of hydrogen-bond donors (Lipinski definition) is 1. The van der Waals surface area contributed by atoms with Gasteiger partial charge in [0.25, 0.3) is 0 Å². The number of nitrogens with one attached hydrogen (secondary N) is 1. The van der Waals surface area contributed by atoms with Gasteiger partial charge in [0.2, 0.25) is 11.6 Å². The minimum atomic E-state index is -0.565. The van der Waals surface area contributed by atoms with Crippen molar-refractivity contribution in [2.45, 2.75) is 6.92 Å². The maximum absolute atomic E-state index is 13.9. The number of nitro groups is 1. The van der Waals surface area contributed by atoms with Gasteiger partial charge in [0.05, 0.1) is 10.6 Å². The van der Waals surface area contributed by atoms with Crippen LogP contribution in [0.2, 0.25) is 0 Å². The second-order valence-electron chi connectivity index (χ2n) is 5.34. The lowest BCUT2D eigenvalue weighted by Crippen LogP contribution is -2.19. The highest BCUT2D eigenvalue weighted by atomic mass is 19.1. The average Bonchev–Trinajstić information content (AvgIpc) is 2.65. The van der Waals surface area contributed by atoms with Gasteiger partial charge in [-0.3, -0.25) is 10.1 Å². The molecule has 7 nitrogen and oxygen atoms in total. The molecule has 1 N–H and O–H groups in total. The number of para-hydroxylation sites is 2. The monoisotopic (exact) mass is 353 g/mol. The Bertz CT molecular complexity index is 920. The zero-order chi connectivity index (χ0) is 18.5. The number of hydrogen-bond acceptors (Lipinski definition) is 6. The van der Waals surface area contributed by atoms with Crippen molar-refractivity contribution in [3.05, 3.63) is 76.9 Å². The van der Waals surface area contributed by atoms with Crippen LogP contribution in [0.4, 0.5) is 33.1 Å². The van der Waals surface area contributed by atoms with Gasteiger partial charge in [-0.15, -0.1) is 0 Å². The summed E-state index contributed by atoms with van der Waals surface area (Å²) in [6, 6.07) is 15.1. The number of aromatic nitrogens is 2. The van der Waals surface area contributed by atoms with Crippen LogP contribution in [0.25, 0.3) is 0 Å². The fourth-order valence-corrected chi connectivity index (χ4v) is 2.58. The van der Waals surface area contributed by atoms with Gasteiger partial charge in [-0.05, 0) is 31.2 Å². The smallest absolute Gasteiger partial charge is 0.332 e. The standard InChI is InChI=1S/C18H16FN5O2/c1-2-23(13-8-4-3-5-9-13)18-16(24(25)26)17(20-12-21-18)22-15-11-7-6-10-14(15)19/h3-12H,2H2,1H3,(H,20,21,22). The molecule has 8 heteroatoms. The van der Waals surface area contributed by atoms with E-state index >= 15 is 0 Å². The third kappa shape index (κ3) is 3.44. The molecule has 0 amide bonds. The van der Waals surface area contributed by atoms with Crippen LogP contribution in [-0.2, 0) is 0 Å². The van der Waals surface area contributed by atoms with Crippen LogP contribution in [0.1, 0.15) is 6.92 Å². The van der Waals surface area contributed by atoms with Crippen molar-refractivity contribution >= 4 is 28.7 Å². The molecule has 1 aromatic heterocycles. The molecule has 3 aromatic rings. The predicted molar refractivity (Wildman–Crippen MR) is 97.5 cm³/mol. The van der Waals surface area contributed by atoms with Crippen LogP contribution in [0, 0.1) is 15.9 Å². The molecule has 0 aliphatic carbocycles. The summed E-state index contributed by atoms with van der Waals surface area (Å²) in [5, 5.41) is 14.4. The lowest BCUT2D eigenvalue weighted by atomic mass is 10.2. The molecule has 0 aliphatic heterocycles. The second-order valence-corrected chi connectivity index (χ2v) is 5.34. The van der Waals surface area contributed by atoms with Gasteiger partial charge < -0.3 is 10.2 Å². The Kier molecular flexibility index (Phi) is 5.02. The van der Waals surface area contributed by atoms with E-state index in [1.807, 2.05) is 37.3 Å². The Labute approximate surface area is 149 Å². The predicted octanol–water partition coefficient (Wildman–Crippen LogP) is 4.43. The summed E-state index contributed by atoms with van der Waals surface area (Å²) in [7, 11) is 0. The Balaban J connectivity index is 2.09. The number of anilines is 4. The maximum Gasteiger partial charge on any atom is 0.354 e. The van der Waals surface area contributed by atoms with Gasteiger partial charge in [0, 0.05) is 12.2 Å². The Hall–Kier alpha value is -3.55. The van der Waals surface area contributed by atoms with Gasteiger partial charge in [-0.1, -0.05) is 30.3 Å². The lowest BCUT2D eigenvalue weighted by molar-refractivity contribution is -0.383. The first-order valence-electron chi connectivity index (χ1n) is 7.95. The van der Waals surface area contributed by atoms with Crippen molar-refractivity contribution in [2.75, 3.05) is 16.8 Å². The van der Waals surface area contributed by atoms with Crippen molar-refractivity contribution in [3.63, 3.8) is 0 Å². The summed E-state index contributed by atoms with van der Waals surface area (Å²) < 4.78 is 13.9. The SMILES string of the molecule is CCN(c1ccccc1)c1ncnc(Nc2ccccc2F)c1[N+](=O)[O-]. The average molecular weight is 353 g/mol. The van der Waals surface area contributed by atoms with Gasteiger partial charge in [0.15, 0.2) is 0 Å². The van der Waals surface area contributed by atoms with Crippen LogP contribution in [0.5, 0.6) is 0 Å². The molecule has 3 rings (SSSR count). The normalized spacial score (nSPS) is 10.4. The molecule has 0 bridgehead atoms. The molecule has 132 valence electrons. The van der Waals surface area contributed by atoms with Gasteiger partial charge in [-0.25, -0.2) is 14.4 Å². The molecule has 1 heterocycles. The third-order valence-corrected chi connectivity index (χ3v) is 3.75. The summed E-state index contributed by atoms with van der Waals surface area (Å²) in [6.07, 6.45) is 1.22. The van der Waals surface area contributed by atoms with Crippen molar-refractivity contribution in [1.82, 2.24) is 9.97 Å². The number of benzene rings is 2. The lowest BCUT2D eigenvalue weighted by Gasteiger charge is -2.22. The summed E-state index contributed by atoms with van der Waals surface area (Å²) >= 11 is 0. The van der Waals surface area contributed by atoms with E-state index in [4.69, 9.17) is 0 Å². The van der Waals surface area contributed by atoms with Crippen LogP contribution >= 0.6 is 0 Å². The number of rotatable bonds is 6. The number of halogens is 1. The zero-order valence-corrected chi connectivity index (χ0v) is 14.0. The molecule has 0 fully saturated rings. The van der Waals surface area contributed by atoms with E-state index in [9.17, 15) is 14.5 Å². The zero-order valence-electron chi connectivity index (χ0n) is 14.0. The minimum Gasteiger partial charge on any atom is -0.332 e. The van der Waals surface area contributed by atoms with Crippen molar-refractivity contribution in [1.29, 1.82) is 0 Å². The van der Waals surface area contributed by atoms with E-state index in [1.54, 1.807) is 11.0 Å². The van der Waals surface area contributed by atoms with Crippen LogP contribution < -0.4 is 10.2 Å². The molecule has 0 radical (unpaired) electrons. The first kappa shape index (κ1) is 17.3. The van der Waals surface area contributed by atoms with E-state index in [0.29, 0.717) is 6.54 Å². The molecule has 0 saturated heterocycles. The molecule has 0 atom stereocenters. The molecule has 0 unspecified atom stereocenters. The van der Waals surface area contributed by atoms with Crippen molar-refractivity contribution < 1.29 is 9.31 Å². The van der Waals surface area contributed by atoms with Crippen LogP contribution in [0.3, 0.4) is 0 Å². The minimum absolute atomic E-state index is 0.0699. The molecule has 0 saturated carbocycles. The quantitative estimate of drug-likeness (QED) is 0.521. The van der Waals surface area contributed by atoms with Gasteiger partial charge in [0.1, 0.15) is 12.1 Å². The first-order chi connectivity index (χ1) is 12.6. The molecular weight excluding hydrogens is 337 g/mol. The fourth-order valence-electron chi connectivity index (χ4n) is 2.58. The van der Waals surface area contributed by atoms with Gasteiger partial charge in [-0.2, -0.15) is 0 Å². The van der Waals surface area contributed by atoms with E-state index in [0.717, 1.165) is 5.69 Å². The highest BCUT2D eigenvalue weighted by Gasteiger charge is 2.27. The van der Waals surface area contributed by atoms with Crippen molar-refractivity contribution in [2.24, 2.45) is 0 Å². The van der Waals surface area contributed by atoms with Crippen molar-refractivity contribution in [3.8, 4) is 0 Å². The molecule has 0 aliphatic rings. The largest absolute Gasteiger partial charge is 0.354 e. The topological polar surface area (TPSA) is 84.2 Å². The Morgan fingerprint density at radius 3 is 2.46 bits per heavy atom. The van der Waals surface area contributed by atoms with Gasteiger partial charge >= 0.3 is 5.69 Å². The van der Waals surface area contributed by atoms with E-state index in [-0.39, 0.29) is 23.0 Å². The van der Waals surface area contributed by atoms with E-state index < -0.39 is 10.7 Å². The van der Waals surface area contributed by atoms with Crippen LogP contribution in [-0.4, -0.2) is 21.4 Å². The summed E-state index contributed by atoms with van der Waals surface area (Å²) in [5.41, 5.74) is 0.540. The summed E-state index contributed by atoms with van der Waals surface area (Å²) in [4.78, 5) is 20.9. The fraction of sp³-hybridized carbons (Fsp3) is 0.111. The Morgan fingerprint density at radius 2 is 1.81 bits per heavy atom. The highest BCUT2D eigenvalue weighted by molar-refractivity contribution is 5.78. The van der Waals surface area contributed by atoms with Crippen LogP contribution in [0.15, 0.2) is 60.9 Å². The molecule has 2 aromatic carbocycles. The van der Waals surface area contributed by atoms with E-state index in [2.05, 4.69) is 15.3 Å². The summed E-state index contributed by atoms with van der Waals surface area (Å²) in [5.74, 6) is -0.464. The molecular formula is C18H16FN5O2. The maximum atomic E-state index is 13.9. The second kappa shape index (κ2) is 7.56. The number of nitrogens with zero attached hydrogens (tertiary/aromatic N) is 4. The highest BCUT2D eigenvalue weighted by Crippen LogP contribution is 2.36. The first-order valence-corrected chi connectivity index (χ1v) is 7.95. The Morgan fingerprint density at radius 1 is 1.12 bits per heavy atom.